The van der Waals surface area contributed by atoms with Crippen molar-refractivity contribution in [2.24, 2.45) is 5.73 Å². The normalized spacial score (nSPS) is 22.5. The molecule has 1 fully saturated rings. The Kier molecular flexibility index (Phi) is 9.14. The fourth-order valence-corrected chi connectivity index (χ4v) is 7.14. The highest BCUT2D eigenvalue weighted by Crippen LogP contribution is 2.32. The van der Waals surface area contributed by atoms with Gasteiger partial charge in [0, 0.05) is 58.4 Å². The molecule has 3 aliphatic rings. The van der Waals surface area contributed by atoms with Gasteiger partial charge in [-0.1, -0.05) is 19.1 Å². The lowest BCUT2D eigenvalue weighted by Crippen LogP contribution is -2.75. The fourth-order valence-electron chi connectivity index (χ4n) is 5.90. The van der Waals surface area contributed by atoms with Crippen molar-refractivity contribution in [3.63, 3.8) is 0 Å². The molecule has 0 spiro atoms. The molecule has 2 atom stereocenters. The van der Waals surface area contributed by atoms with Gasteiger partial charge in [-0.2, -0.15) is 0 Å². The van der Waals surface area contributed by atoms with E-state index in [1.54, 1.807) is 11.0 Å². The number of hydrogen-bond acceptors (Lipinski definition) is 11. The lowest BCUT2D eigenvalue weighted by Gasteiger charge is -2.50. The van der Waals surface area contributed by atoms with Gasteiger partial charge in [-0.05, 0) is 43.3 Å². The van der Waals surface area contributed by atoms with Gasteiger partial charge < -0.3 is 35.0 Å². The Morgan fingerprint density at radius 2 is 1.87 bits per heavy atom. The van der Waals surface area contributed by atoms with E-state index in [-0.39, 0.29) is 22.5 Å². The number of ether oxygens (including phenoxy) is 1. The lowest BCUT2D eigenvalue weighted by atomic mass is 10.0. The quantitative estimate of drug-likeness (QED) is 0.282. The minimum absolute atomic E-state index is 0.00718. The number of sulfone groups is 1. The number of carbonyl (C=O) groups is 2. The first-order chi connectivity index (χ1) is 21.3. The summed E-state index contributed by atoms with van der Waals surface area (Å²) in [7, 11) is 1.18. The zero-order valence-electron chi connectivity index (χ0n) is 26.0. The maximum absolute atomic E-state index is 14.0. The third-order valence-corrected chi connectivity index (χ3v) is 10.0. The van der Waals surface area contributed by atoms with Crippen molar-refractivity contribution < 1.29 is 27.1 Å². The molecule has 1 saturated heterocycles. The van der Waals surface area contributed by atoms with E-state index in [0.717, 1.165) is 12.0 Å². The first-order valence-electron chi connectivity index (χ1n) is 14.8. The number of methoxy groups -OCH3 is 1. The van der Waals surface area contributed by atoms with E-state index in [9.17, 15) is 22.4 Å². The van der Waals surface area contributed by atoms with Crippen LogP contribution < -0.4 is 26.4 Å². The summed E-state index contributed by atoms with van der Waals surface area (Å²) in [4.78, 5) is 33.7. The van der Waals surface area contributed by atoms with Crippen LogP contribution in [0.3, 0.4) is 0 Å². The van der Waals surface area contributed by atoms with Gasteiger partial charge in [-0.15, -0.1) is 0 Å². The standard InChI is InChI=1S/C30H41FN8O5S/c1-5-22-18-37(3)27-28(39(22)17-20-7-6-8-21(31)15-20)34-30(32,35-29(27)41)33-24-10-9-23(16-25(24)44-4)45(42,43)19-26(40)38-13-11-36(2)12-14-38/h6-10,15-16,22,33-34H,5,11-14,17-19,32H2,1-4H3,(H,35,41)/t22?,30-/m1/s1. The van der Waals surface area contributed by atoms with Gasteiger partial charge in [0.25, 0.3) is 5.91 Å². The van der Waals surface area contributed by atoms with Gasteiger partial charge in [0.2, 0.25) is 11.8 Å². The van der Waals surface area contributed by atoms with E-state index in [0.29, 0.717) is 56.5 Å². The number of amides is 2. The van der Waals surface area contributed by atoms with Crippen molar-refractivity contribution in [3.8, 4) is 5.75 Å². The highest BCUT2D eigenvalue weighted by atomic mass is 32.2. The molecule has 15 heteroatoms. The predicted octanol–water partition coefficient (Wildman–Crippen LogP) is 0.479. The Bertz CT molecular complexity index is 1600. The molecule has 13 nitrogen and oxygen atoms in total. The Morgan fingerprint density at radius 1 is 1.13 bits per heavy atom. The molecule has 0 bridgehead atoms. The highest BCUT2D eigenvalue weighted by molar-refractivity contribution is 7.92. The van der Waals surface area contributed by atoms with Crippen molar-refractivity contribution in [1.29, 1.82) is 0 Å². The molecule has 3 aliphatic heterocycles. The molecule has 0 aliphatic carbocycles. The van der Waals surface area contributed by atoms with E-state index in [2.05, 4.69) is 20.9 Å². The van der Waals surface area contributed by atoms with Crippen LogP contribution in [-0.4, -0.2) is 111 Å². The maximum atomic E-state index is 14.0. The largest absolute Gasteiger partial charge is 0.495 e. The molecular weight excluding hydrogens is 603 g/mol. The summed E-state index contributed by atoms with van der Waals surface area (Å²) < 4.78 is 46.0. The predicted molar refractivity (Wildman–Crippen MR) is 167 cm³/mol. The zero-order chi connectivity index (χ0) is 32.5. The minimum Gasteiger partial charge on any atom is -0.495 e. The second kappa shape index (κ2) is 12.7. The van der Waals surface area contributed by atoms with E-state index < -0.39 is 33.3 Å². The summed E-state index contributed by atoms with van der Waals surface area (Å²) in [5.74, 6) is -2.98. The zero-order valence-corrected chi connectivity index (χ0v) is 26.8. The van der Waals surface area contributed by atoms with Crippen molar-refractivity contribution in [3.05, 3.63) is 65.4 Å². The van der Waals surface area contributed by atoms with Crippen LogP contribution in [0.15, 0.2) is 58.9 Å². The number of nitrogens with zero attached hydrogens (tertiary/aromatic N) is 4. The number of likely N-dealkylation sites (N-methyl/N-ethyl adjacent to an activating group) is 2. The van der Waals surface area contributed by atoms with Gasteiger partial charge >= 0.3 is 0 Å². The van der Waals surface area contributed by atoms with Crippen LogP contribution in [0.25, 0.3) is 0 Å². The van der Waals surface area contributed by atoms with Gasteiger partial charge in [0.15, 0.2) is 9.84 Å². The molecule has 5 N–H and O–H groups in total. The molecule has 2 amide bonds. The molecular formula is C30H41FN8O5S. The Hall–Kier alpha value is -4.08. The lowest BCUT2D eigenvalue weighted by molar-refractivity contribution is -0.130. The summed E-state index contributed by atoms with van der Waals surface area (Å²) in [5, 5.41) is 9.04. The van der Waals surface area contributed by atoms with Crippen molar-refractivity contribution in [2.45, 2.75) is 36.7 Å². The molecule has 1 unspecified atom stereocenters. The molecule has 45 heavy (non-hydrogen) atoms. The molecule has 3 heterocycles. The van der Waals surface area contributed by atoms with Crippen LogP contribution in [0.5, 0.6) is 5.75 Å². The van der Waals surface area contributed by atoms with Gasteiger partial charge in [0.05, 0.1) is 17.7 Å². The third-order valence-electron chi connectivity index (χ3n) is 8.41. The molecule has 2 aromatic carbocycles. The average Bonchev–Trinajstić information content (AvgIpc) is 2.98. The number of nitrogens with two attached hydrogens (primary N) is 1. The Labute approximate surface area is 263 Å². The van der Waals surface area contributed by atoms with Crippen molar-refractivity contribution in [1.82, 2.24) is 30.2 Å². The van der Waals surface area contributed by atoms with Crippen LogP contribution in [0.1, 0.15) is 18.9 Å². The van der Waals surface area contributed by atoms with Crippen molar-refractivity contribution in [2.75, 3.05) is 65.0 Å². The number of carbonyl (C=O) groups excluding carboxylic acids is 2. The highest BCUT2D eigenvalue weighted by Gasteiger charge is 2.44. The molecule has 0 aromatic heterocycles. The van der Waals surface area contributed by atoms with Crippen LogP contribution in [0, 0.1) is 5.82 Å². The van der Waals surface area contributed by atoms with Crippen LogP contribution in [0.2, 0.25) is 0 Å². The van der Waals surface area contributed by atoms with E-state index >= 15 is 0 Å². The molecule has 0 saturated carbocycles. The smallest absolute Gasteiger partial charge is 0.275 e. The van der Waals surface area contributed by atoms with Gasteiger partial charge in [-0.25, -0.2) is 12.8 Å². The summed E-state index contributed by atoms with van der Waals surface area (Å²) >= 11 is 0. The topological polar surface area (TPSA) is 153 Å². The summed E-state index contributed by atoms with van der Waals surface area (Å²) in [6.07, 6.45) is 0.756. The van der Waals surface area contributed by atoms with Crippen LogP contribution in [-0.2, 0) is 26.0 Å². The molecule has 5 rings (SSSR count). The number of rotatable bonds is 9. The van der Waals surface area contributed by atoms with Gasteiger partial charge in [0.1, 0.15) is 28.8 Å². The summed E-state index contributed by atoms with van der Waals surface area (Å²) in [6, 6.07) is 10.5. The minimum atomic E-state index is -3.98. The number of halogens is 1. The number of anilines is 1. The molecule has 244 valence electrons. The van der Waals surface area contributed by atoms with Crippen molar-refractivity contribution >= 4 is 27.3 Å². The van der Waals surface area contributed by atoms with Crippen LogP contribution in [0.4, 0.5) is 10.1 Å². The first-order valence-corrected chi connectivity index (χ1v) is 16.5. The average molecular weight is 645 g/mol. The Balaban J connectivity index is 1.38. The summed E-state index contributed by atoms with van der Waals surface area (Å²) in [5.41, 5.74) is 8.11. The number of hydrogen-bond donors (Lipinski definition) is 4. The first kappa shape index (κ1) is 32.3. The molecule has 2 aromatic rings. The fraction of sp³-hybridized carbons (Fsp3) is 0.467. The Morgan fingerprint density at radius 3 is 2.53 bits per heavy atom. The van der Waals surface area contributed by atoms with Gasteiger partial charge in [-0.3, -0.25) is 20.6 Å². The van der Waals surface area contributed by atoms with E-state index in [4.69, 9.17) is 10.5 Å². The number of piperazine rings is 1. The number of nitrogens with one attached hydrogen (secondary N) is 3. The second-order valence-electron chi connectivity index (χ2n) is 11.7. The maximum Gasteiger partial charge on any atom is 0.275 e. The van der Waals surface area contributed by atoms with Crippen LogP contribution >= 0.6 is 0 Å². The van der Waals surface area contributed by atoms with E-state index in [1.165, 1.54) is 37.4 Å². The number of benzene rings is 2. The monoisotopic (exact) mass is 644 g/mol. The SMILES string of the molecule is CCC1CN(C)C2=C(N[C@@](N)(Nc3ccc(S(=O)(=O)CC(=O)N4CCN(C)CC4)cc3OC)NC2=O)N1Cc1cccc(F)c1. The molecule has 0 radical (unpaired) electrons. The second-order valence-corrected chi connectivity index (χ2v) is 13.7. The summed E-state index contributed by atoms with van der Waals surface area (Å²) in [6.45, 7) is 5.26. The van der Waals surface area contributed by atoms with E-state index in [1.807, 2.05) is 36.9 Å². The third kappa shape index (κ3) is 6.94.